The highest BCUT2D eigenvalue weighted by molar-refractivity contribution is 8.68. The Morgan fingerprint density at radius 3 is 2.36 bits per heavy atom. The van der Waals surface area contributed by atoms with Gasteiger partial charge in [-0.2, -0.15) is 0 Å². The molecule has 0 amide bonds. The van der Waals surface area contributed by atoms with Gasteiger partial charge in [0.2, 0.25) is 0 Å². The zero-order chi connectivity index (χ0) is 8.85. The average molecular weight is 190 g/mol. The fraction of sp³-hybridized carbons (Fsp3) is 0.778. The summed E-state index contributed by atoms with van der Waals surface area (Å²) in [4.78, 5) is 0. The predicted octanol–water partition coefficient (Wildman–Crippen LogP) is 3.95. The lowest BCUT2D eigenvalue weighted by molar-refractivity contribution is 0.684. The molecular weight excluding hydrogens is 172 g/mol. The summed E-state index contributed by atoms with van der Waals surface area (Å²) in [5, 5.41) is 0.647. The van der Waals surface area contributed by atoms with Gasteiger partial charge in [0, 0.05) is 5.25 Å². The van der Waals surface area contributed by atoms with E-state index in [0.29, 0.717) is 11.2 Å². The van der Waals surface area contributed by atoms with Crippen molar-refractivity contribution in [3.63, 3.8) is 0 Å². The van der Waals surface area contributed by atoms with Crippen LogP contribution in [0.1, 0.15) is 33.6 Å². The first-order valence-corrected chi connectivity index (χ1v) is 5.99. The maximum Gasteiger partial charge on any atom is 0.0123 e. The maximum absolute atomic E-state index is 4.16. The van der Waals surface area contributed by atoms with Gasteiger partial charge in [0.1, 0.15) is 0 Å². The van der Waals surface area contributed by atoms with E-state index in [-0.39, 0.29) is 0 Å². The second-order valence-corrected chi connectivity index (χ2v) is 4.92. The van der Waals surface area contributed by atoms with E-state index in [2.05, 4.69) is 39.0 Å². The minimum Gasteiger partial charge on any atom is -0.111 e. The normalized spacial score (nSPS) is 13.5. The van der Waals surface area contributed by atoms with Crippen LogP contribution in [0.5, 0.6) is 0 Å². The summed E-state index contributed by atoms with van der Waals surface area (Å²) < 4.78 is 0. The Labute approximate surface area is 79.6 Å². The fourth-order valence-electron chi connectivity index (χ4n) is 0.730. The lowest BCUT2D eigenvalue weighted by Crippen LogP contribution is -1.98. The van der Waals surface area contributed by atoms with E-state index in [1.807, 2.05) is 0 Å². The fourth-order valence-corrected chi connectivity index (χ4v) is 1.27. The van der Waals surface area contributed by atoms with Crippen molar-refractivity contribution in [2.24, 2.45) is 5.92 Å². The van der Waals surface area contributed by atoms with Crippen LogP contribution in [0.3, 0.4) is 0 Å². The lowest BCUT2D eigenvalue weighted by atomic mass is 10.00. The van der Waals surface area contributed by atoms with Gasteiger partial charge in [-0.1, -0.05) is 43.7 Å². The van der Waals surface area contributed by atoms with E-state index >= 15 is 0 Å². The topological polar surface area (TPSA) is 0 Å². The first-order valence-electron chi connectivity index (χ1n) is 4.05. The van der Waals surface area contributed by atoms with Gasteiger partial charge in [-0.05, 0) is 18.8 Å². The van der Waals surface area contributed by atoms with Crippen molar-refractivity contribution in [1.29, 1.82) is 0 Å². The molecule has 0 aliphatic carbocycles. The number of hydrogen-bond donors (Lipinski definition) is 1. The molecule has 0 rings (SSSR count). The van der Waals surface area contributed by atoms with Crippen LogP contribution in [0, 0.1) is 5.92 Å². The van der Waals surface area contributed by atoms with Crippen molar-refractivity contribution in [3.8, 4) is 0 Å². The summed E-state index contributed by atoms with van der Waals surface area (Å²) in [5.74, 6) is 0.632. The van der Waals surface area contributed by atoms with Gasteiger partial charge in [-0.3, -0.25) is 0 Å². The molecule has 0 bridgehead atoms. The van der Waals surface area contributed by atoms with Gasteiger partial charge in [-0.15, -0.1) is 11.7 Å². The molecule has 0 aliphatic heterocycles. The molecule has 11 heavy (non-hydrogen) atoms. The number of allylic oxidation sites excluding steroid dienone is 1. The Morgan fingerprint density at radius 2 is 2.00 bits per heavy atom. The molecule has 0 aromatic heterocycles. The number of rotatable bonds is 5. The van der Waals surface area contributed by atoms with E-state index < -0.39 is 0 Å². The second kappa shape index (κ2) is 6.01. The van der Waals surface area contributed by atoms with E-state index in [1.54, 1.807) is 10.8 Å². The van der Waals surface area contributed by atoms with Crippen molar-refractivity contribution in [2.75, 3.05) is 0 Å². The van der Waals surface area contributed by atoms with Crippen molar-refractivity contribution < 1.29 is 0 Å². The quantitative estimate of drug-likeness (QED) is 0.389. The maximum atomic E-state index is 4.16. The van der Waals surface area contributed by atoms with Crippen molar-refractivity contribution >= 4 is 22.5 Å². The minimum atomic E-state index is 0.632. The molecule has 0 aromatic carbocycles. The predicted molar refractivity (Wildman–Crippen MR) is 59.3 cm³/mol. The summed E-state index contributed by atoms with van der Waals surface area (Å²) in [6.07, 6.45) is 2.34. The summed E-state index contributed by atoms with van der Waals surface area (Å²) in [7, 11) is 1.63. The SMILES string of the molecule is C=C(CCC(C)SS)C(C)C. The van der Waals surface area contributed by atoms with Crippen LogP contribution in [0.2, 0.25) is 0 Å². The first-order chi connectivity index (χ1) is 5.07. The molecule has 0 saturated carbocycles. The molecule has 0 aliphatic rings. The Kier molecular flexibility index (Phi) is 6.25. The van der Waals surface area contributed by atoms with Gasteiger partial charge in [-0.25, -0.2) is 0 Å². The summed E-state index contributed by atoms with van der Waals surface area (Å²) in [6, 6.07) is 0. The van der Waals surface area contributed by atoms with Crippen LogP contribution < -0.4 is 0 Å². The third kappa shape index (κ3) is 5.68. The number of thiol groups is 1. The average Bonchev–Trinajstić information content (AvgIpc) is 1.99. The van der Waals surface area contributed by atoms with Gasteiger partial charge in [0.15, 0.2) is 0 Å². The summed E-state index contributed by atoms with van der Waals surface area (Å²) in [5.41, 5.74) is 1.36. The van der Waals surface area contributed by atoms with Crippen LogP contribution >= 0.6 is 22.5 Å². The highest BCUT2D eigenvalue weighted by Crippen LogP contribution is 2.22. The molecular formula is C9H18S2. The molecule has 0 saturated heterocycles. The molecule has 0 radical (unpaired) electrons. The monoisotopic (exact) mass is 190 g/mol. The molecule has 0 fully saturated rings. The van der Waals surface area contributed by atoms with Crippen molar-refractivity contribution in [2.45, 2.75) is 38.9 Å². The highest BCUT2D eigenvalue weighted by atomic mass is 33.1. The molecule has 2 heteroatoms. The van der Waals surface area contributed by atoms with Crippen LogP contribution in [-0.2, 0) is 0 Å². The lowest BCUT2D eigenvalue weighted by Gasteiger charge is -2.11. The number of hydrogen-bond acceptors (Lipinski definition) is 2. The Bertz CT molecular complexity index is 119. The largest absolute Gasteiger partial charge is 0.111 e. The van der Waals surface area contributed by atoms with Crippen molar-refractivity contribution in [1.82, 2.24) is 0 Å². The zero-order valence-electron chi connectivity index (χ0n) is 7.63. The van der Waals surface area contributed by atoms with E-state index in [0.717, 1.165) is 6.42 Å². The van der Waals surface area contributed by atoms with Gasteiger partial charge in [0.05, 0.1) is 0 Å². The van der Waals surface area contributed by atoms with Gasteiger partial charge < -0.3 is 0 Å². The molecule has 0 N–H and O–H groups in total. The van der Waals surface area contributed by atoms with E-state index in [9.17, 15) is 0 Å². The molecule has 0 spiro atoms. The van der Waals surface area contributed by atoms with Crippen molar-refractivity contribution in [3.05, 3.63) is 12.2 Å². The zero-order valence-corrected chi connectivity index (χ0v) is 9.34. The summed E-state index contributed by atoms with van der Waals surface area (Å²) in [6.45, 7) is 10.6. The molecule has 1 atom stereocenters. The third-order valence-corrected chi connectivity index (χ3v) is 3.54. The smallest absolute Gasteiger partial charge is 0.0123 e. The van der Waals surface area contributed by atoms with Crippen LogP contribution in [0.4, 0.5) is 0 Å². The third-order valence-electron chi connectivity index (χ3n) is 1.87. The molecule has 0 heterocycles. The van der Waals surface area contributed by atoms with E-state index in [4.69, 9.17) is 0 Å². The Balaban J connectivity index is 3.46. The van der Waals surface area contributed by atoms with Crippen LogP contribution in [-0.4, -0.2) is 5.25 Å². The highest BCUT2D eigenvalue weighted by Gasteiger charge is 2.03. The van der Waals surface area contributed by atoms with E-state index in [1.165, 1.54) is 12.0 Å². The molecule has 0 nitrogen and oxygen atoms in total. The molecule has 1 unspecified atom stereocenters. The van der Waals surface area contributed by atoms with Crippen LogP contribution in [0.25, 0.3) is 0 Å². The Hall–Kier alpha value is 0.440. The minimum absolute atomic E-state index is 0.632. The first kappa shape index (κ1) is 11.4. The molecule has 66 valence electrons. The second-order valence-electron chi connectivity index (χ2n) is 3.27. The van der Waals surface area contributed by atoms with Crippen LogP contribution in [0.15, 0.2) is 12.2 Å². The van der Waals surface area contributed by atoms with Gasteiger partial charge >= 0.3 is 0 Å². The standard InChI is InChI=1S/C9H18S2/c1-7(2)8(3)5-6-9(4)11-10/h7,9-10H,3,5-6H2,1-2,4H3. The molecule has 0 aromatic rings. The Morgan fingerprint density at radius 1 is 1.45 bits per heavy atom. The summed E-state index contributed by atoms with van der Waals surface area (Å²) >= 11 is 4.16. The van der Waals surface area contributed by atoms with Gasteiger partial charge in [0.25, 0.3) is 0 Å².